The van der Waals surface area contributed by atoms with Crippen LogP contribution in [0.1, 0.15) is 26.0 Å². The molecule has 0 aliphatic rings. The third-order valence-electron chi connectivity index (χ3n) is 2.84. The smallest absolute Gasteiger partial charge is 0.326 e. The molecule has 2 atom stereocenters. The summed E-state index contributed by atoms with van der Waals surface area (Å²) in [5.41, 5.74) is 0.669. The van der Waals surface area contributed by atoms with Gasteiger partial charge in [-0.25, -0.2) is 9.78 Å². The van der Waals surface area contributed by atoms with Crippen LogP contribution in [0.2, 0.25) is 0 Å². The zero-order valence-corrected chi connectivity index (χ0v) is 11.1. The van der Waals surface area contributed by atoms with E-state index in [0.717, 1.165) is 6.42 Å². The molecule has 106 valence electrons. The zero-order chi connectivity index (χ0) is 14.3. The Hall–Kier alpha value is -1.89. The molecule has 0 spiro atoms. The molecule has 1 aromatic heterocycles. The van der Waals surface area contributed by atoms with E-state index in [2.05, 4.69) is 20.6 Å². The van der Waals surface area contributed by atoms with Crippen molar-refractivity contribution in [1.29, 1.82) is 0 Å². The van der Waals surface area contributed by atoms with E-state index in [1.54, 1.807) is 6.20 Å². The standard InChI is InChI=1S/C12H20N4O3/c1-3-8(2)14-6-11(17)16-10(12(18)19)4-9-5-13-7-15-9/h5,7-8,10,14H,3-4,6H2,1-2H3,(H,13,15)(H,16,17)(H,18,19)/t8?,10-/m1/s1. The van der Waals surface area contributed by atoms with Gasteiger partial charge in [-0.05, 0) is 13.3 Å². The molecular formula is C12H20N4O3. The summed E-state index contributed by atoms with van der Waals surface area (Å²) in [7, 11) is 0. The number of aromatic amines is 1. The molecule has 0 aliphatic carbocycles. The van der Waals surface area contributed by atoms with Gasteiger partial charge < -0.3 is 20.7 Å². The molecule has 1 heterocycles. The van der Waals surface area contributed by atoms with Crippen molar-refractivity contribution < 1.29 is 14.7 Å². The molecule has 19 heavy (non-hydrogen) atoms. The monoisotopic (exact) mass is 268 g/mol. The van der Waals surface area contributed by atoms with E-state index in [-0.39, 0.29) is 24.9 Å². The molecule has 7 heteroatoms. The van der Waals surface area contributed by atoms with E-state index < -0.39 is 12.0 Å². The Bertz CT molecular complexity index is 405. The summed E-state index contributed by atoms with van der Waals surface area (Å²) in [6.07, 6.45) is 4.11. The van der Waals surface area contributed by atoms with Gasteiger partial charge in [-0.3, -0.25) is 4.79 Å². The van der Waals surface area contributed by atoms with E-state index in [4.69, 9.17) is 5.11 Å². The van der Waals surface area contributed by atoms with Crippen LogP contribution in [0.3, 0.4) is 0 Å². The number of nitrogens with zero attached hydrogens (tertiary/aromatic N) is 1. The second kappa shape index (κ2) is 7.52. The SMILES string of the molecule is CCC(C)NCC(=O)N[C@H](Cc1cnc[nH]1)C(=O)O. The maximum Gasteiger partial charge on any atom is 0.326 e. The molecule has 0 saturated carbocycles. The molecular weight excluding hydrogens is 248 g/mol. The Morgan fingerprint density at radius 1 is 1.53 bits per heavy atom. The molecule has 1 rings (SSSR count). The van der Waals surface area contributed by atoms with Crippen LogP contribution in [0.25, 0.3) is 0 Å². The van der Waals surface area contributed by atoms with Crippen molar-refractivity contribution in [3.05, 3.63) is 18.2 Å². The molecule has 1 unspecified atom stereocenters. The minimum Gasteiger partial charge on any atom is -0.480 e. The molecule has 0 aromatic carbocycles. The summed E-state index contributed by atoms with van der Waals surface area (Å²) in [5.74, 6) is -1.39. The first-order valence-corrected chi connectivity index (χ1v) is 6.25. The van der Waals surface area contributed by atoms with Crippen molar-refractivity contribution in [3.8, 4) is 0 Å². The Balaban J connectivity index is 2.45. The van der Waals surface area contributed by atoms with Crippen molar-refractivity contribution in [2.45, 2.75) is 38.8 Å². The van der Waals surface area contributed by atoms with E-state index in [0.29, 0.717) is 5.69 Å². The number of carboxylic acids is 1. The maximum atomic E-state index is 11.6. The number of carbonyl (C=O) groups excluding carboxylic acids is 1. The largest absolute Gasteiger partial charge is 0.480 e. The Labute approximate surface area is 111 Å². The fraction of sp³-hybridized carbons (Fsp3) is 0.583. The van der Waals surface area contributed by atoms with Crippen LogP contribution in [0.4, 0.5) is 0 Å². The Kier molecular flexibility index (Phi) is 6.01. The maximum absolute atomic E-state index is 11.6. The van der Waals surface area contributed by atoms with Crippen molar-refractivity contribution in [1.82, 2.24) is 20.6 Å². The number of aliphatic carboxylic acids is 1. The normalized spacial score (nSPS) is 13.8. The van der Waals surface area contributed by atoms with Crippen molar-refractivity contribution in [2.24, 2.45) is 0 Å². The fourth-order valence-corrected chi connectivity index (χ4v) is 1.47. The van der Waals surface area contributed by atoms with E-state index >= 15 is 0 Å². The minimum atomic E-state index is -1.06. The minimum absolute atomic E-state index is 0.113. The fourth-order valence-electron chi connectivity index (χ4n) is 1.47. The summed E-state index contributed by atoms with van der Waals surface area (Å²) < 4.78 is 0. The van der Waals surface area contributed by atoms with Crippen LogP contribution in [-0.4, -0.2) is 45.6 Å². The molecule has 1 aromatic rings. The summed E-state index contributed by atoms with van der Waals surface area (Å²) in [6.45, 7) is 4.09. The summed E-state index contributed by atoms with van der Waals surface area (Å²) in [4.78, 5) is 29.4. The van der Waals surface area contributed by atoms with Gasteiger partial charge in [-0.1, -0.05) is 6.92 Å². The van der Waals surface area contributed by atoms with Crippen molar-refractivity contribution in [2.75, 3.05) is 6.54 Å². The van der Waals surface area contributed by atoms with Crippen LogP contribution >= 0.6 is 0 Å². The van der Waals surface area contributed by atoms with Crippen LogP contribution in [0.15, 0.2) is 12.5 Å². The summed E-state index contributed by atoms with van der Waals surface area (Å²) in [5, 5.41) is 14.6. The van der Waals surface area contributed by atoms with E-state index in [1.165, 1.54) is 6.33 Å². The lowest BCUT2D eigenvalue weighted by Crippen LogP contribution is -2.46. The molecule has 7 nitrogen and oxygen atoms in total. The average Bonchev–Trinajstić information content (AvgIpc) is 2.87. The van der Waals surface area contributed by atoms with Gasteiger partial charge in [0, 0.05) is 24.4 Å². The van der Waals surface area contributed by atoms with Gasteiger partial charge in [0.2, 0.25) is 5.91 Å². The number of carboxylic acid groups (broad SMARTS) is 1. The Morgan fingerprint density at radius 2 is 2.26 bits per heavy atom. The number of amides is 1. The first-order chi connectivity index (χ1) is 9.02. The second-order valence-corrected chi connectivity index (χ2v) is 4.43. The number of nitrogens with one attached hydrogen (secondary N) is 3. The first kappa shape index (κ1) is 15.2. The van der Waals surface area contributed by atoms with Crippen molar-refractivity contribution >= 4 is 11.9 Å². The molecule has 0 saturated heterocycles. The highest BCUT2D eigenvalue weighted by Gasteiger charge is 2.20. The molecule has 1 amide bonds. The summed E-state index contributed by atoms with van der Waals surface area (Å²) >= 11 is 0. The van der Waals surface area contributed by atoms with Gasteiger partial charge >= 0.3 is 5.97 Å². The number of hydrogen-bond acceptors (Lipinski definition) is 4. The first-order valence-electron chi connectivity index (χ1n) is 6.25. The molecule has 0 fully saturated rings. The van der Waals surface area contributed by atoms with Gasteiger partial charge in [0.25, 0.3) is 0 Å². The van der Waals surface area contributed by atoms with E-state index in [9.17, 15) is 9.59 Å². The van der Waals surface area contributed by atoms with Crippen LogP contribution < -0.4 is 10.6 Å². The number of hydrogen-bond donors (Lipinski definition) is 4. The van der Waals surface area contributed by atoms with Gasteiger partial charge in [-0.15, -0.1) is 0 Å². The van der Waals surface area contributed by atoms with Crippen LogP contribution in [0.5, 0.6) is 0 Å². The quantitative estimate of drug-likeness (QED) is 0.527. The van der Waals surface area contributed by atoms with E-state index in [1.807, 2.05) is 13.8 Å². The predicted molar refractivity (Wildman–Crippen MR) is 69.6 cm³/mol. The highest BCUT2D eigenvalue weighted by molar-refractivity contribution is 5.84. The van der Waals surface area contributed by atoms with Gasteiger partial charge in [0.1, 0.15) is 6.04 Å². The highest BCUT2D eigenvalue weighted by Crippen LogP contribution is 1.98. The third kappa shape index (κ3) is 5.52. The van der Waals surface area contributed by atoms with Crippen LogP contribution in [0, 0.1) is 0 Å². The Morgan fingerprint density at radius 3 is 2.79 bits per heavy atom. The van der Waals surface area contributed by atoms with Gasteiger partial charge in [-0.2, -0.15) is 0 Å². The lowest BCUT2D eigenvalue weighted by atomic mass is 10.1. The van der Waals surface area contributed by atoms with Gasteiger partial charge in [0.05, 0.1) is 12.9 Å². The number of carbonyl (C=O) groups is 2. The van der Waals surface area contributed by atoms with Crippen molar-refractivity contribution in [3.63, 3.8) is 0 Å². The van der Waals surface area contributed by atoms with Gasteiger partial charge in [0.15, 0.2) is 0 Å². The average molecular weight is 268 g/mol. The summed E-state index contributed by atoms with van der Waals surface area (Å²) in [6, 6.07) is -0.728. The topological polar surface area (TPSA) is 107 Å². The molecule has 4 N–H and O–H groups in total. The molecule has 0 bridgehead atoms. The lowest BCUT2D eigenvalue weighted by Gasteiger charge is -2.15. The molecule has 0 aliphatic heterocycles. The number of imidazole rings is 1. The number of rotatable bonds is 8. The molecule has 0 radical (unpaired) electrons. The lowest BCUT2D eigenvalue weighted by molar-refractivity contribution is -0.141. The zero-order valence-electron chi connectivity index (χ0n) is 11.1. The third-order valence-corrected chi connectivity index (χ3v) is 2.84. The highest BCUT2D eigenvalue weighted by atomic mass is 16.4. The van der Waals surface area contributed by atoms with Crippen LogP contribution in [-0.2, 0) is 16.0 Å². The predicted octanol–water partition coefficient (Wildman–Crippen LogP) is -0.0903. The number of aromatic nitrogens is 2. The number of H-pyrrole nitrogens is 1. The second-order valence-electron chi connectivity index (χ2n) is 4.43.